The van der Waals surface area contributed by atoms with Crippen LogP contribution in [-0.2, 0) is 0 Å². The molecule has 0 aliphatic rings. The Hall–Kier alpha value is 0.0569. The van der Waals surface area contributed by atoms with Gasteiger partial charge in [-0.3, -0.25) is 0 Å². The molecule has 0 bridgehead atoms. The molecular formula is C13H31NO3Si. The van der Waals surface area contributed by atoms with E-state index in [-0.39, 0.29) is 6.04 Å². The average molecular weight is 277 g/mol. The molecule has 0 unspecified atom stereocenters. The molecule has 18 heavy (non-hydrogen) atoms. The third kappa shape index (κ3) is 16.1. The molecule has 5 heteroatoms. The standard InChI is InChI=1S/C13H31NO3Si/c1-14-12-10-8-6-4-2-3-5-7-9-11-13-18(15,16)17/h14-17H,2-13H2,1H3. The number of nitrogens with one attached hydrogen (secondary N) is 1. The lowest BCUT2D eigenvalue weighted by Gasteiger charge is -2.08. The van der Waals surface area contributed by atoms with Crippen molar-refractivity contribution in [3.05, 3.63) is 0 Å². The summed E-state index contributed by atoms with van der Waals surface area (Å²) >= 11 is 0. The fourth-order valence-electron chi connectivity index (χ4n) is 2.08. The van der Waals surface area contributed by atoms with Crippen LogP contribution in [0.15, 0.2) is 0 Å². The molecule has 4 N–H and O–H groups in total. The summed E-state index contributed by atoms with van der Waals surface area (Å²) in [6, 6.07) is 0.193. The van der Waals surface area contributed by atoms with Crippen molar-refractivity contribution >= 4 is 8.80 Å². The number of hydrogen-bond acceptors (Lipinski definition) is 4. The fourth-order valence-corrected chi connectivity index (χ4v) is 2.80. The smallest absolute Gasteiger partial charge is 0.390 e. The van der Waals surface area contributed by atoms with Gasteiger partial charge in [-0.15, -0.1) is 0 Å². The molecule has 0 saturated heterocycles. The Bertz CT molecular complexity index is 174. The molecule has 0 aliphatic carbocycles. The Balaban J connectivity index is 2.99. The number of unbranched alkanes of at least 4 members (excludes halogenated alkanes) is 9. The van der Waals surface area contributed by atoms with Gasteiger partial charge in [0.2, 0.25) is 0 Å². The minimum atomic E-state index is -3.76. The lowest BCUT2D eigenvalue weighted by atomic mass is 10.1. The first-order chi connectivity index (χ1) is 8.56. The highest BCUT2D eigenvalue weighted by atomic mass is 28.4. The van der Waals surface area contributed by atoms with Crippen molar-refractivity contribution in [3.63, 3.8) is 0 Å². The molecule has 0 radical (unpaired) electrons. The second-order valence-corrected chi connectivity index (χ2v) is 7.21. The van der Waals surface area contributed by atoms with Crippen LogP contribution in [0.5, 0.6) is 0 Å². The van der Waals surface area contributed by atoms with E-state index in [1.54, 1.807) is 0 Å². The van der Waals surface area contributed by atoms with Crippen LogP contribution >= 0.6 is 0 Å². The molecule has 0 atom stereocenters. The minimum Gasteiger partial charge on any atom is -0.390 e. The first-order valence-corrected chi connectivity index (χ1v) is 9.43. The second kappa shape index (κ2) is 12.1. The molecule has 0 fully saturated rings. The van der Waals surface area contributed by atoms with Gasteiger partial charge in [-0.25, -0.2) is 0 Å². The highest BCUT2D eigenvalue weighted by Crippen LogP contribution is 2.12. The van der Waals surface area contributed by atoms with Gasteiger partial charge in [0.15, 0.2) is 0 Å². The van der Waals surface area contributed by atoms with Crippen molar-refractivity contribution < 1.29 is 14.4 Å². The van der Waals surface area contributed by atoms with E-state index in [1.165, 1.54) is 44.9 Å². The second-order valence-electron chi connectivity index (χ2n) is 5.16. The first kappa shape index (κ1) is 18.1. The van der Waals surface area contributed by atoms with E-state index in [1.807, 2.05) is 7.05 Å². The molecule has 0 saturated carbocycles. The van der Waals surface area contributed by atoms with Gasteiger partial charge in [-0.2, -0.15) is 0 Å². The maximum Gasteiger partial charge on any atom is 0.492 e. The molecule has 110 valence electrons. The van der Waals surface area contributed by atoms with Gasteiger partial charge < -0.3 is 19.7 Å². The zero-order valence-electron chi connectivity index (χ0n) is 11.8. The molecule has 0 aromatic heterocycles. The van der Waals surface area contributed by atoms with E-state index in [4.69, 9.17) is 14.4 Å². The fraction of sp³-hybridized carbons (Fsp3) is 1.00. The van der Waals surface area contributed by atoms with E-state index >= 15 is 0 Å². The van der Waals surface area contributed by atoms with Crippen LogP contribution < -0.4 is 5.32 Å². The zero-order valence-corrected chi connectivity index (χ0v) is 12.8. The monoisotopic (exact) mass is 277 g/mol. The molecule has 0 heterocycles. The molecule has 0 rings (SSSR count). The summed E-state index contributed by atoms with van der Waals surface area (Å²) in [6.45, 7) is 1.13. The summed E-state index contributed by atoms with van der Waals surface area (Å²) < 4.78 is 0. The van der Waals surface area contributed by atoms with E-state index in [9.17, 15) is 0 Å². The van der Waals surface area contributed by atoms with Gasteiger partial charge in [-0.05, 0) is 26.4 Å². The Morgan fingerprint density at radius 2 is 1.06 bits per heavy atom. The SMILES string of the molecule is CNCCCCCCCCCCCC[Si](O)(O)O. The van der Waals surface area contributed by atoms with Crippen LogP contribution in [0.2, 0.25) is 6.04 Å². The van der Waals surface area contributed by atoms with Crippen molar-refractivity contribution in [1.82, 2.24) is 5.32 Å². The predicted molar refractivity (Wildman–Crippen MR) is 77.3 cm³/mol. The molecule has 0 aromatic carbocycles. The van der Waals surface area contributed by atoms with E-state index in [2.05, 4.69) is 5.32 Å². The summed E-state index contributed by atoms with van der Waals surface area (Å²) in [4.78, 5) is 26.5. The van der Waals surface area contributed by atoms with Crippen LogP contribution in [0.3, 0.4) is 0 Å². The molecule has 4 nitrogen and oxygen atoms in total. The van der Waals surface area contributed by atoms with Crippen LogP contribution in [0.4, 0.5) is 0 Å². The molecule has 0 amide bonds. The molecule has 0 aliphatic heterocycles. The lowest BCUT2D eigenvalue weighted by Crippen LogP contribution is -2.33. The maximum atomic E-state index is 8.82. The largest absolute Gasteiger partial charge is 0.492 e. The average Bonchev–Trinajstić information content (AvgIpc) is 2.29. The third-order valence-corrected chi connectivity index (χ3v) is 4.21. The van der Waals surface area contributed by atoms with Crippen LogP contribution in [0.1, 0.15) is 64.2 Å². The van der Waals surface area contributed by atoms with Gasteiger partial charge in [0.05, 0.1) is 0 Å². The van der Waals surface area contributed by atoms with Crippen molar-refractivity contribution in [2.24, 2.45) is 0 Å². The van der Waals surface area contributed by atoms with Gasteiger partial charge in [0, 0.05) is 6.04 Å². The van der Waals surface area contributed by atoms with Crippen LogP contribution in [0, 0.1) is 0 Å². The predicted octanol–water partition coefficient (Wildman–Crippen LogP) is 2.02. The van der Waals surface area contributed by atoms with Gasteiger partial charge in [-0.1, -0.05) is 51.4 Å². The summed E-state index contributed by atoms with van der Waals surface area (Å²) in [5.41, 5.74) is 0. The number of hydrogen-bond donors (Lipinski definition) is 4. The first-order valence-electron chi connectivity index (χ1n) is 7.38. The highest BCUT2D eigenvalue weighted by Gasteiger charge is 2.25. The van der Waals surface area contributed by atoms with E-state index in [0.717, 1.165) is 25.8 Å². The van der Waals surface area contributed by atoms with E-state index < -0.39 is 8.80 Å². The Kier molecular flexibility index (Phi) is 12.1. The molecule has 0 spiro atoms. The summed E-state index contributed by atoms with van der Waals surface area (Å²) in [6.07, 6.45) is 12.0. The van der Waals surface area contributed by atoms with Gasteiger partial charge >= 0.3 is 8.80 Å². The Morgan fingerprint density at radius 3 is 1.44 bits per heavy atom. The van der Waals surface area contributed by atoms with Crippen molar-refractivity contribution in [2.45, 2.75) is 70.3 Å². The lowest BCUT2D eigenvalue weighted by molar-refractivity contribution is 0.226. The van der Waals surface area contributed by atoms with Crippen LogP contribution in [0.25, 0.3) is 0 Å². The van der Waals surface area contributed by atoms with E-state index in [0.29, 0.717) is 0 Å². The summed E-state index contributed by atoms with van der Waals surface area (Å²) in [7, 11) is -1.76. The maximum absolute atomic E-state index is 8.82. The van der Waals surface area contributed by atoms with Crippen molar-refractivity contribution in [2.75, 3.05) is 13.6 Å². The van der Waals surface area contributed by atoms with Gasteiger partial charge in [0.1, 0.15) is 0 Å². The quantitative estimate of drug-likeness (QED) is 0.307. The Morgan fingerprint density at radius 1 is 0.667 bits per heavy atom. The molecular weight excluding hydrogens is 246 g/mol. The van der Waals surface area contributed by atoms with Crippen molar-refractivity contribution in [1.29, 1.82) is 0 Å². The Labute approximate surface area is 113 Å². The highest BCUT2D eigenvalue weighted by molar-refractivity contribution is 6.56. The molecule has 0 aromatic rings. The van der Waals surface area contributed by atoms with Gasteiger partial charge in [0.25, 0.3) is 0 Å². The van der Waals surface area contributed by atoms with Crippen molar-refractivity contribution in [3.8, 4) is 0 Å². The summed E-state index contributed by atoms with van der Waals surface area (Å²) in [5.74, 6) is 0. The zero-order chi connectivity index (χ0) is 13.7. The normalized spacial score (nSPS) is 12.0. The summed E-state index contributed by atoms with van der Waals surface area (Å²) in [5, 5.41) is 3.16. The van der Waals surface area contributed by atoms with Crippen LogP contribution in [-0.4, -0.2) is 36.8 Å². The third-order valence-electron chi connectivity index (χ3n) is 3.19. The number of rotatable bonds is 13. The topological polar surface area (TPSA) is 72.7 Å². The minimum absolute atomic E-state index is 0.193.